The van der Waals surface area contributed by atoms with E-state index in [2.05, 4.69) is 31.3 Å². The normalized spacial score (nSPS) is 12.4. The van der Waals surface area contributed by atoms with Gasteiger partial charge in [-0.1, -0.05) is 0 Å². The highest BCUT2D eigenvalue weighted by Crippen LogP contribution is 2.17. The summed E-state index contributed by atoms with van der Waals surface area (Å²) in [6.07, 6.45) is 1.81. The molecule has 6 nitrogen and oxygen atoms in total. The molecule has 20 heavy (non-hydrogen) atoms. The van der Waals surface area contributed by atoms with Crippen LogP contribution in [0.25, 0.3) is 5.65 Å². The number of halogens is 1. The van der Waals surface area contributed by atoms with E-state index in [-0.39, 0.29) is 11.9 Å². The van der Waals surface area contributed by atoms with Crippen LogP contribution in [-0.4, -0.2) is 44.5 Å². The van der Waals surface area contributed by atoms with Crippen molar-refractivity contribution >= 4 is 33.4 Å². The molecule has 1 atom stereocenters. The van der Waals surface area contributed by atoms with Crippen molar-refractivity contribution in [3.05, 3.63) is 22.8 Å². The van der Waals surface area contributed by atoms with Crippen LogP contribution in [0.2, 0.25) is 0 Å². The molecule has 2 aromatic rings. The quantitative estimate of drug-likeness (QED) is 0.906. The fourth-order valence-corrected chi connectivity index (χ4v) is 2.42. The summed E-state index contributed by atoms with van der Waals surface area (Å²) in [7, 11) is 0. The fourth-order valence-electron chi connectivity index (χ4n) is 2.00. The van der Waals surface area contributed by atoms with Crippen molar-refractivity contribution in [1.82, 2.24) is 19.5 Å². The second-order valence-electron chi connectivity index (χ2n) is 4.44. The number of hydrogen-bond donors (Lipinski definition) is 1. The van der Waals surface area contributed by atoms with Gasteiger partial charge in [0.15, 0.2) is 5.65 Å². The van der Waals surface area contributed by atoms with E-state index < -0.39 is 0 Å². The molecule has 0 saturated heterocycles. The van der Waals surface area contributed by atoms with Crippen LogP contribution in [0.1, 0.15) is 20.8 Å². The average molecular weight is 340 g/mol. The zero-order valence-electron chi connectivity index (χ0n) is 11.8. The molecule has 2 heterocycles. The van der Waals surface area contributed by atoms with Gasteiger partial charge in [0.05, 0.1) is 4.47 Å². The minimum atomic E-state index is -0.355. The van der Waals surface area contributed by atoms with E-state index in [1.807, 2.05) is 39.1 Å². The molecule has 1 amide bonds. The Morgan fingerprint density at radius 1 is 1.50 bits per heavy atom. The Hall–Kier alpha value is -1.63. The summed E-state index contributed by atoms with van der Waals surface area (Å²) in [6.45, 7) is 7.15. The van der Waals surface area contributed by atoms with Gasteiger partial charge in [-0.2, -0.15) is 4.98 Å². The number of anilines is 1. The highest BCUT2D eigenvalue weighted by atomic mass is 79.9. The van der Waals surface area contributed by atoms with Crippen LogP contribution in [0.5, 0.6) is 0 Å². The summed E-state index contributed by atoms with van der Waals surface area (Å²) < 4.78 is 2.53. The topological polar surface area (TPSA) is 62.5 Å². The van der Waals surface area contributed by atoms with Crippen molar-refractivity contribution in [3.8, 4) is 0 Å². The number of nitrogens with zero attached hydrogens (tertiary/aromatic N) is 4. The molecular formula is C13H18BrN5O. The number of pyridine rings is 1. The maximum absolute atomic E-state index is 12.2. The minimum Gasteiger partial charge on any atom is -0.341 e. The molecular weight excluding hydrogens is 322 g/mol. The molecule has 0 aliphatic carbocycles. The molecule has 108 valence electrons. The Morgan fingerprint density at radius 3 is 2.80 bits per heavy atom. The van der Waals surface area contributed by atoms with Crippen molar-refractivity contribution in [2.45, 2.75) is 26.8 Å². The van der Waals surface area contributed by atoms with Crippen LogP contribution in [0.15, 0.2) is 22.8 Å². The summed E-state index contributed by atoms with van der Waals surface area (Å²) in [5.74, 6) is 0.498. The number of rotatable bonds is 5. The third-order valence-electron chi connectivity index (χ3n) is 3.11. The Balaban J connectivity index is 2.15. The van der Waals surface area contributed by atoms with E-state index in [1.54, 1.807) is 9.42 Å². The lowest BCUT2D eigenvalue weighted by Gasteiger charge is -2.22. The predicted octanol–water partition coefficient (Wildman–Crippen LogP) is 2.16. The van der Waals surface area contributed by atoms with Crippen LogP contribution in [0.3, 0.4) is 0 Å². The molecule has 0 radical (unpaired) electrons. The Morgan fingerprint density at radius 2 is 2.20 bits per heavy atom. The number of aromatic nitrogens is 3. The van der Waals surface area contributed by atoms with Gasteiger partial charge in [0.1, 0.15) is 6.04 Å². The monoisotopic (exact) mass is 339 g/mol. The number of carbonyl (C=O) groups is 1. The van der Waals surface area contributed by atoms with Gasteiger partial charge in [-0.25, -0.2) is 4.52 Å². The van der Waals surface area contributed by atoms with Gasteiger partial charge < -0.3 is 10.2 Å². The Bertz CT molecular complexity index is 608. The molecule has 2 aromatic heterocycles. The molecule has 1 N–H and O–H groups in total. The molecule has 7 heteroatoms. The number of hydrogen-bond acceptors (Lipinski definition) is 4. The lowest BCUT2D eigenvalue weighted by Crippen LogP contribution is -2.41. The van der Waals surface area contributed by atoms with Crippen LogP contribution in [-0.2, 0) is 4.79 Å². The number of nitrogens with one attached hydrogen (secondary N) is 1. The lowest BCUT2D eigenvalue weighted by molar-refractivity contribution is -0.131. The van der Waals surface area contributed by atoms with Gasteiger partial charge in [0, 0.05) is 19.3 Å². The molecule has 0 spiro atoms. The maximum Gasteiger partial charge on any atom is 0.244 e. The smallest absolute Gasteiger partial charge is 0.244 e. The lowest BCUT2D eigenvalue weighted by atomic mass is 10.3. The standard InChI is InChI=1S/C13H18BrN5O/c1-4-18(5-2)12(20)9(3)15-13-16-11-10(14)7-6-8-19(11)17-13/h6-9H,4-5H2,1-3H3,(H,15,17). The summed E-state index contributed by atoms with van der Waals surface area (Å²) in [5.41, 5.74) is 0.720. The third-order valence-corrected chi connectivity index (χ3v) is 3.72. The largest absolute Gasteiger partial charge is 0.341 e. The molecule has 0 bridgehead atoms. The zero-order chi connectivity index (χ0) is 14.7. The Labute approximate surface area is 126 Å². The molecule has 2 rings (SSSR count). The minimum absolute atomic E-state index is 0.0490. The number of likely N-dealkylation sites (N-methyl/N-ethyl adjacent to an activating group) is 1. The number of carbonyl (C=O) groups excluding carboxylic acids is 1. The predicted molar refractivity (Wildman–Crippen MR) is 81.7 cm³/mol. The van der Waals surface area contributed by atoms with E-state index in [4.69, 9.17) is 0 Å². The Kier molecular flexibility index (Phi) is 4.59. The summed E-state index contributed by atoms with van der Waals surface area (Å²) >= 11 is 3.42. The van der Waals surface area contributed by atoms with E-state index in [0.29, 0.717) is 19.0 Å². The first kappa shape index (κ1) is 14.8. The number of amides is 1. The number of fused-ring (bicyclic) bond motifs is 1. The molecule has 0 aromatic carbocycles. The highest BCUT2D eigenvalue weighted by molar-refractivity contribution is 9.10. The SMILES string of the molecule is CCN(CC)C(=O)C(C)Nc1nc2c(Br)cccn2n1. The van der Waals surface area contributed by atoms with Gasteiger partial charge in [-0.3, -0.25) is 4.79 Å². The van der Waals surface area contributed by atoms with E-state index >= 15 is 0 Å². The second-order valence-corrected chi connectivity index (χ2v) is 5.29. The van der Waals surface area contributed by atoms with Crippen molar-refractivity contribution in [2.24, 2.45) is 0 Å². The van der Waals surface area contributed by atoms with Crippen molar-refractivity contribution in [3.63, 3.8) is 0 Å². The first-order valence-electron chi connectivity index (χ1n) is 6.63. The molecule has 0 aliphatic rings. The third kappa shape index (κ3) is 2.92. The maximum atomic E-state index is 12.2. The zero-order valence-corrected chi connectivity index (χ0v) is 13.4. The average Bonchev–Trinajstić information content (AvgIpc) is 2.84. The second kappa shape index (κ2) is 6.21. The first-order valence-corrected chi connectivity index (χ1v) is 7.42. The van der Waals surface area contributed by atoms with Crippen molar-refractivity contribution in [2.75, 3.05) is 18.4 Å². The molecule has 1 unspecified atom stereocenters. The van der Waals surface area contributed by atoms with E-state index in [0.717, 1.165) is 10.1 Å². The van der Waals surface area contributed by atoms with Gasteiger partial charge >= 0.3 is 0 Å². The summed E-state index contributed by atoms with van der Waals surface area (Å²) in [5, 5.41) is 7.35. The summed E-state index contributed by atoms with van der Waals surface area (Å²) in [4.78, 5) is 18.3. The van der Waals surface area contributed by atoms with Crippen molar-refractivity contribution < 1.29 is 4.79 Å². The highest BCUT2D eigenvalue weighted by Gasteiger charge is 2.19. The molecule has 0 aliphatic heterocycles. The fraction of sp³-hybridized carbons (Fsp3) is 0.462. The van der Waals surface area contributed by atoms with E-state index in [1.165, 1.54) is 0 Å². The van der Waals surface area contributed by atoms with Crippen LogP contribution in [0, 0.1) is 0 Å². The van der Waals surface area contributed by atoms with Gasteiger partial charge in [-0.15, -0.1) is 5.10 Å². The van der Waals surface area contributed by atoms with Crippen LogP contribution >= 0.6 is 15.9 Å². The van der Waals surface area contributed by atoms with E-state index in [9.17, 15) is 4.79 Å². The first-order chi connectivity index (χ1) is 9.56. The van der Waals surface area contributed by atoms with Crippen LogP contribution in [0.4, 0.5) is 5.95 Å². The summed E-state index contributed by atoms with van der Waals surface area (Å²) in [6, 6.07) is 3.42. The van der Waals surface area contributed by atoms with Gasteiger partial charge in [0.2, 0.25) is 11.9 Å². The van der Waals surface area contributed by atoms with Gasteiger partial charge in [-0.05, 0) is 48.8 Å². The van der Waals surface area contributed by atoms with Crippen LogP contribution < -0.4 is 5.32 Å². The van der Waals surface area contributed by atoms with Crippen molar-refractivity contribution in [1.29, 1.82) is 0 Å². The molecule has 0 fully saturated rings. The van der Waals surface area contributed by atoms with Gasteiger partial charge in [0.25, 0.3) is 0 Å². The molecule has 0 saturated carbocycles.